The largest absolute Gasteiger partial charge is 0.459 e. The molecule has 0 radical (unpaired) electrons. The lowest BCUT2D eigenvalue weighted by Crippen LogP contribution is -2.60. The molecule has 0 aliphatic carbocycles. The summed E-state index contributed by atoms with van der Waals surface area (Å²) in [5.74, 6) is 0.387. The highest BCUT2D eigenvalue weighted by molar-refractivity contribution is 7.11. The number of amides is 1. The molecule has 4 heterocycles. The van der Waals surface area contributed by atoms with Crippen LogP contribution in [0.1, 0.15) is 33.2 Å². The van der Waals surface area contributed by atoms with Gasteiger partial charge in [-0.25, -0.2) is 0 Å². The number of furan rings is 1. The van der Waals surface area contributed by atoms with Crippen molar-refractivity contribution in [2.45, 2.75) is 31.9 Å². The molecule has 1 atom stereocenters. The summed E-state index contributed by atoms with van der Waals surface area (Å²) in [6, 6.07) is 7.89. The Hall–Kier alpha value is -1.63. The minimum Gasteiger partial charge on any atom is -0.459 e. The van der Waals surface area contributed by atoms with Crippen molar-refractivity contribution in [1.29, 1.82) is 0 Å². The van der Waals surface area contributed by atoms with E-state index in [1.807, 2.05) is 16.2 Å². The SMILES string of the molecule is Cc1ccc(CN2CCO[C@]3(CCCN(C(=O)c4ccco4)C3)C2)s1. The van der Waals surface area contributed by atoms with Gasteiger partial charge in [0.15, 0.2) is 5.76 Å². The second-order valence-electron chi connectivity index (χ2n) is 7.06. The molecule has 2 aliphatic rings. The van der Waals surface area contributed by atoms with Crippen LogP contribution in [0.5, 0.6) is 0 Å². The third kappa shape index (κ3) is 3.66. The summed E-state index contributed by atoms with van der Waals surface area (Å²) in [5, 5.41) is 0. The van der Waals surface area contributed by atoms with E-state index in [0.717, 1.165) is 45.6 Å². The number of carbonyl (C=O) groups excluding carboxylic acids is 1. The third-order valence-electron chi connectivity index (χ3n) is 5.06. The summed E-state index contributed by atoms with van der Waals surface area (Å²) in [6.45, 7) is 7.09. The predicted octanol–water partition coefficient (Wildman–Crippen LogP) is 3.16. The van der Waals surface area contributed by atoms with Crippen molar-refractivity contribution in [2.75, 3.05) is 32.8 Å². The fourth-order valence-corrected chi connectivity index (χ4v) is 4.86. The topological polar surface area (TPSA) is 45.9 Å². The second-order valence-corrected chi connectivity index (χ2v) is 8.43. The minimum atomic E-state index is -0.245. The monoisotopic (exact) mass is 360 g/mol. The maximum atomic E-state index is 12.6. The molecule has 0 saturated carbocycles. The Morgan fingerprint density at radius 2 is 2.20 bits per heavy atom. The van der Waals surface area contributed by atoms with E-state index in [-0.39, 0.29) is 11.5 Å². The van der Waals surface area contributed by atoms with E-state index < -0.39 is 0 Å². The number of hydrogen-bond donors (Lipinski definition) is 0. The smallest absolute Gasteiger partial charge is 0.289 e. The van der Waals surface area contributed by atoms with Gasteiger partial charge in [-0.05, 0) is 44.0 Å². The molecule has 6 heteroatoms. The summed E-state index contributed by atoms with van der Waals surface area (Å²) in [7, 11) is 0. The number of carbonyl (C=O) groups is 1. The molecule has 1 spiro atoms. The Balaban J connectivity index is 1.44. The van der Waals surface area contributed by atoms with E-state index in [4.69, 9.17) is 9.15 Å². The lowest BCUT2D eigenvalue weighted by Gasteiger charge is -2.47. The number of rotatable bonds is 3. The van der Waals surface area contributed by atoms with E-state index >= 15 is 0 Å². The van der Waals surface area contributed by atoms with Gasteiger partial charge in [0, 0.05) is 35.9 Å². The summed E-state index contributed by atoms with van der Waals surface area (Å²) >= 11 is 1.86. The highest BCUT2D eigenvalue weighted by atomic mass is 32.1. The standard InChI is InChI=1S/C19H24N2O3S/c1-15-5-6-16(25-15)12-20-9-11-24-19(13-20)7-3-8-21(14-19)18(22)17-4-2-10-23-17/h2,4-6,10H,3,7-9,11-14H2,1H3/t19-/m1/s1. The highest BCUT2D eigenvalue weighted by Gasteiger charge is 2.42. The zero-order chi connectivity index (χ0) is 17.3. The number of morpholine rings is 1. The molecule has 2 fully saturated rings. The fraction of sp³-hybridized carbons (Fsp3) is 0.526. The van der Waals surface area contributed by atoms with Gasteiger partial charge in [0.2, 0.25) is 0 Å². The number of ether oxygens (including phenoxy) is 1. The van der Waals surface area contributed by atoms with Crippen LogP contribution in [0.3, 0.4) is 0 Å². The molecule has 5 nitrogen and oxygen atoms in total. The summed E-state index contributed by atoms with van der Waals surface area (Å²) in [4.78, 5) is 19.7. The van der Waals surface area contributed by atoms with Crippen molar-refractivity contribution in [1.82, 2.24) is 9.80 Å². The molecule has 1 amide bonds. The Kier molecular flexibility index (Phi) is 4.67. The van der Waals surface area contributed by atoms with Gasteiger partial charge >= 0.3 is 0 Å². The van der Waals surface area contributed by atoms with Gasteiger partial charge < -0.3 is 14.1 Å². The molecule has 0 N–H and O–H groups in total. The minimum absolute atomic E-state index is 0.0290. The Bertz CT molecular complexity index is 723. The summed E-state index contributed by atoms with van der Waals surface area (Å²) in [6.07, 6.45) is 3.53. The number of likely N-dealkylation sites (tertiary alicyclic amines) is 1. The van der Waals surface area contributed by atoms with Gasteiger partial charge in [-0.15, -0.1) is 11.3 Å². The van der Waals surface area contributed by atoms with Crippen LogP contribution in [0.4, 0.5) is 0 Å². The zero-order valence-electron chi connectivity index (χ0n) is 14.6. The Morgan fingerprint density at radius 3 is 2.96 bits per heavy atom. The quantitative estimate of drug-likeness (QED) is 0.843. The van der Waals surface area contributed by atoms with E-state index in [0.29, 0.717) is 12.3 Å². The lowest BCUT2D eigenvalue weighted by atomic mass is 9.90. The molecule has 2 aromatic rings. The predicted molar refractivity (Wildman–Crippen MR) is 96.9 cm³/mol. The van der Waals surface area contributed by atoms with Crippen molar-refractivity contribution >= 4 is 17.2 Å². The van der Waals surface area contributed by atoms with Crippen LogP contribution >= 0.6 is 11.3 Å². The van der Waals surface area contributed by atoms with E-state index in [1.54, 1.807) is 18.4 Å². The number of aryl methyl sites for hydroxylation is 1. The fourth-order valence-electron chi connectivity index (χ4n) is 3.92. The average Bonchev–Trinajstić information content (AvgIpc) is 3.26. The molecular formula is C19H24N2O3S. The van der Waals surface area contributed by atoms with Crippen molar-refractivity contribution < 1.29 is 13.9 Å². The number of piperidine rings is 1. The molecule has 25 heavy (non-hydrogen) atoms. The van der Waals surface area contributed by atoms with Gasteiger partial charge in [-0.3, -0.25) is 9.69 Å². The molecule has 134 valence electrons. The first-order valence-electron chi connectivity index (χ1n) is 8.88. The molecule has 0 unspecified atom stereocenters. The van der Waals surface area contributed by atoms with Crippen molar-refractivity contribution in [3.05, 3.63) is 46.0 Å². The van der Waals surface area contributed by atoms with E-state index in [2.05, 4.69) is 24.0 Å². The molecule has 4 rings (SSSR count). The van der Waals surface area contributed by atoms with Crippen molar-refractivity contribution in [3.8, 4) is 0 Å². The normalized spacial score (nSPS) is 24.8. The molecule has 0 aromatic carbocycles. The Morgan fingerprint density at radius 1 is 1.28 bits per heavy atom. The van der Waals surface area contributed by atoms with E-state index in [1.165, 1.54) is 9.75 Å². The maximum absolute atomic E-state index is 12.6. The zero-order valence-corrected chi connectivity index (χ0v) is 15.4. The van der Waals surface area contributed by atoms with Gasteiger partial charge in [-0.1, -0.05) is 0 Å². The average molecular weight is 360 g/mol. The van der Waals surface area contributed by atoms with Crippen molar-refractivity contribution in [3.63, 3.8) is 0 Å². The number of thiophene rings is 1. The van der Waals surface area contributed by atoms with Crippen molar-refractivity contribution in [2.24, 2.45) is 0 Å². The first-order valence-corrected chi connectivity index (χ1v) is 9.70. The van der Waals surface area contributed by atoms with E-state index in [9.17, 15) is 4.79 Å². The maximum Gasteiger partial charge on any atom is 0.289 e. The van der Waals surface area contributed by atoms with Gasteiger partial charge in [0.05, 0.1) is 25.0 Å². The van der Waals surface area contributed by atoms with Crippen LogP contribution in [0, 0.1) is 6.92 Å². The van der Waals surface area contributed by atoms with Gasteiger partial charge in [0.1, 0.15) is 0 Å². The van der Waals surface area contributed by atoms with Gasteiger partial charge in [0.25, 0.3) is 5.91 Å². The highest BCUT2D eigenvalue weighted by Crippen LogP contribution is 2.31. The van der Waals surface area contributed by atoms with Crippen LogP contribution in [-0.4, -0.2) is 54.1 Å². The van der Waals surface area contributed by atoms with Crippen LogP contribution < -0.4 is 0 Å². The summed E-state index contributed by atoms with van der Waals surface area (Å²) < 4.78 is 11.5. The summed E-state index contributed by atoms with van der Waals surface area (Å²) in [5.41, 5.74) is -0.245. The number of nitrogens with zero attached hydrogens (tertiary/aromatic N) is 2. The van der Waals surface area contributed by atoms with Crippen LogP contribution in [0.25, 0.3) is 0 Å². The van der Waals surface area contributed by atoms with Crippen LogP contribution in [0.15, 0.2) is 34.9 Å². The molecule has 2 saturated heterocycles. The molecular weight excluding hydrogens is 336 g/mol. The molecule has 2 aliphatic heterocycles. The number of hydrogen-bond acceptors (Lipinski definition) is 5. The Labute approximate surface area is 152 Å². The third-order valence-corrected chi connectivity index (χ3v) is 6.05. The molecule has 0 bridgehead atoms. The first-order chi connectivity index (χ1) is 12.1. The molecule has 2 aromatic heterocycles. The van der Waals surface area contributed by atoms with Crippen LogP contribution in [0.2, 0.25) is 0 Å². The van der Waals surface area contributed by atoms with Gasteiger partial charge in [-0.2, -0.15) is 0 Å². The lowest BCUT2D eigenvalue weighted by molar-refractivity contribution is -0.136. The first kappa shape index (κ1) is 16.8. The van der Waals surface area contributed by atoms with Crippen LogP contribution in [-0.2, 0) is 11.3 Å². The second kappa shape index (κ2) is 6.94.